The summed E-state index contributed by atoms with van der Waals surface area (Å²) >= 11 is 0. The zero-order valence-corrected chi connectivity index (χ0v) is 13.1. The fraction of sp³-hybridized carbons (Fsp3) is 0.684. The van der Waals surface area contributed by atoms with Crippen LogP contribution in [0.5, 0.6) is 0 Å². The van der Waals surface area contributed by atoms with Gasteiger partial charge in [-0.05, 0) is 67.5 Å². The monoisotopic (exact) mass is 271 g/mol. The van der Waals surface area contributed by atoms with Crippen LogP contribution in [0.3, 0.4) is 0 Å². The maximum absolute atomic E-state index is 3.68. The first kappa shape index (κ1) is 14.1. The van der Waals surface area contributed by atoms with E-state index in [-0.39, 0.29) is 0 Å². The van der Waals surface area contributed by atoms with Crippen LogP contribution in [0, 0.1) is 5.41 Å². The lowest BCUT2D eigenvalue weighted by molar-refractivity contribution is 0.224. The molecule has 0 bridgehead atoms. The molecule has 2 aliphatic rings. The van der Waals surface area contributed by atoms with Crippen molar-refractivity contribution in [3.05, 3.63) is 35.4 Å². The highest BCUT2D eigenvalue weighted by Crippen LogP contribution is 2.42. The first-order valence-electron chi connectivity index (χ1n) is 8.47. The van der Waals surface area contributed by atoms with E-state index in [9.17, 15) is 0 Å². The van der Waals surface area contributed by atoms with Crippen LogP contribution >= 0.6 is 0 Å². The van der Waals surface area contributed by atoms with Crippen LogP contribution in [0.15, 0.2) is 24.3 Å². The van der Waals surface area contributed by atoms with Crippen LogP contribution in [0.4, 0.5) is 0 Å². The molecule has 1 heterocycles. The minimum absolute atomic E-state index is 0.568. The normalized spacial score (nSPS) is 27.4. The Balaban J connectivity index is 1.71. The molecule has 3 rings (SSSR count). The Hall–Kier alpha value is -0.820. The molecule has 0 spiro atoms. The second-order valence-electron chi connectivity index (χ2n) is 7.61. The molecule has 0 aromatic heterocycles. The Morgan fingerprint density at radius 2 is 1.75 bits per heavy atom. The van der Waals surface area contributed by atoms with Crippen LogP contribution in [0.2, 0.25) is 0 Å². The maximum Gasteiger partial charge on any atom is 0.0320 e. The topological polar surface area (TPSA) is 12.0 Å². The Kier molecular flexibility index (Phi) is 4.16. The Bertz CT molecular complexity index is 433. The van der Waals surface area contributed by atoms with Crippen molar-refractivity contribution in [3.8, 4) is 0 Å². The van der Waals surface area contributed by atoms with Gasteiger partial charge in [0.15, 0.2) is 0 Å². The average Bonchev–Trinajstić information content (AvgIpc) is 2.48. The summed E-state index contributed by atoms with van der Waals surface area (Å²) < 4.78 is 0. The first-order chi connectivity index (χ1) is 9.64. The third kappa shape index (κ3) is 3.25. The van der Waals surface area contributed by atoms with Gasteiger partial charge in [-0.25, -0.2) is 0 Å². The molecular formula is C19H29N. The highest BCUT2D eigenvalue weighted by atomic mass is 14.9. The van der Waals surface area contributed by atoms with Gasteiger partial charge in [0, 0.05) is 6.04 Å². The van der Waals surface area contributed by atoms with Gasteiger partial charge in [-0.2, -0.15) is 0 Å². The van der Waals surface area contributed by atoms with Gasteiger partial charge in [-0.3, -0.25) is 0 Å². The van der Waals surface area contributed by atoms with E-state index in [1.165, 1.54) is 57.1 Å². The van der Waals surface area contributed by atoms with Gasteiger partial charge >= 0.3 is 0 Å². The third-order valence-electron chi connectivity index (χ3n) is 5.43. The second kappa shape index (κ2) is 5.89. The SMILES string of the molecule is CC1(C)CCC(c2cccc(C3CCCCN3)c2)CC1. The van der Waals surface area contributed by atoms with Crippen molar-refractivity contribution in [1.82, 2.24) is 5.32 Å². The lowest BCUT2D eigenvalue weighted by Gasteiger charge is -2.35. The fourth-order valence-corrected chi connectivity index (χ4v) is 3.90. The van der Waals surface area contributed by atoms with Crippen LogP contribution in [-0.4, -0.2) is 6.54 Å². The van der Waals surface area contributed by atoms with E-state index >= 15 is 0 Å². The van der Waals surface area contributed by atoms with Crippen molar-refractivity contribution >= 4 is 0 Å². The van der Waals surface area contributed by atoms with Crippen molar-refractivity contribution in [1.29, 1.82) is 0 Å². The molecule has 1 aliphatic carbocycles. The summed E-state index contributed by atoms with van der Waals surface area (Å²) in [6.45, 7) is 6.03. The van der Waals surface area contributed by atoms with Crippen molar-refractivity contribution in [2.45, 2.75) is 70.8 Å². The zero-order chi connectivity index (χ0) is 14.0. The molecule has 1 aromatic rings. The van der Waals surface area contributed by atoms with Crippen LogP contribution in [-0.2, 0) is 0 Å². The summed E-state index contributed by atoms with van der Waals surface area (Å²) in [5.41, 5.74) is 3.68. The van der Waals surface area contributed by atoms with Gasteiger partial charge in [0.2, 0.25) is 0 Å². The molecule has 0 amide bonds. The molecular weight excluding hydrogens is 242 g/mol. The number of hydrogen-bond acceptors (Lipinski definition) is 1. The molecule has 1 saturated carbocycles. The first-order valence-corrected chi connectivity index (χ1v) is 8.47. The van der Waals surface area contributed by atoms with E-state index in [0.29, 0.717) is 11.5 Å². The van der Waals surface area contributed by atoms with Gasteiger partial charge in [-0.15, -0.1) is 0 Å². The molecule has 110 valence electrons. The van der Waals surface area contributed by atoms with Crippen molar-refractivity contribution in [2.75, 3.05) is 6.54 Å². The van der Waals surface area contributed by atoms with Crippen molar-refractivity contribution in [2.24, 2.45) is 5.41 Å². The summed E-state index contributed by atoms with van der Waals surface area (Å²) in [6, 6.07) is 10.0. The van der Waals surface area contributed by atoms with E-state index < -0.39 is 0 Å². The molecule has 1 aromatic carbocycles. The highest BCUT2D eigenvalue weighted by molar-refractivity contribution is 5.29. The van der Waals surface area contributed by atoms with Gasteiger partial charge in [-0.1, -0.05) is 44.5 Å². The van der Waals surface area contributed by atoms with Gasteiger partial charge in [0.25, 0.3) is 0 Å². The van der Waals surface area contributed by atoms with E-state index in [4.69, 9.17) is 0 Å². The molecule has 1 unspecified atom stereocenters. The molecule has 1 N–H and O–H groups in total. The number of rotatable bonds is 2. The van der Waals surface area contributed by atoms with Gasteiger partial charge in [0.1, 0.15) is 0 Å². The minimum atomic E-state index is 0.568. The van der Waals surface area contributed by atoms with Gasteiger partial charge < -0.3 is 5.32 Å². The second-order valence-corrected chi connectivity index (χ2v) is 7.61. The summed E-state index contributed by atoms with van der Waals surface area (Å²) in [5, 5.41) is 3.68. The molecule has 1 saturated heterocycles. The molecule has 1 aliphatic heterocycles. The smallest absolute Gasteiger partial charge is 0.0320 e. The third-order valence-corrected chi connectivity index (χ3v) is 5.43. The quantitative estimate of drug-likeness (QED) is 0.781. The number of piperidine rings is 1. The number of hydrogen-bond donors (Lipinski definition) is 1. The van der Waals surface area contributed by atoms with E-state index in [2.05, 4.69) is 43.4 Å². The van der Waals surface area contributed by atoms with Crippen molar-refractivity contribution in [3.63, 3.8) is 0 Å². The van der Waals surface area contributed by atoms with Gasteiger partial charge in [0.05, 0.1) is 0 Å². The lowest BCUT2D eigenvalue weighted by atomic mass is 9.71. The predicted molar refractivity (Wildman–Crippen MR) is 86.0 cm³/mol. The molecule has 1 atom stereocenters. The summed E-state index contributed by atoms with van der Waals surface area (Å²) in [4.78, 5) is 0. The van der Waals surface area contributed by atoms with Crippen LogP contribution in [0.1, 0.15) is 81.9 Å². The van der Waals surface area contributed by atoms with Crippen molar-refractivity contribution < 1.29 is 0 Å². The largest absolute Gasteiger partial charge is 0.310 e. The number of nitrogens with one attached hydrogen (secondary N) is 1. The molecule has 0 radical (unpaired) electrons. The standard InChI is InChI=1S/C19H29N/c1-19(2)11-9-15(10-12-19)16-6-5-7-17(14-16)18-8-3-4-13-20-18/h5-7,14-15,18,20H,3-4,8-13H2,1-2H3. The molecule has 1 heteroatoms. The molecule has 20 heavy (non-hydrogen) atoms. The van der Waals surface area contributed by atoms with E-state index in [1.807, 2.05) is 0 Å². The lowest BCUT2D eigenvalue weighted by Crippen LogP contribution is -2.27. The number of benzene rings is 1. The molecule has 1 nitrogen and oxygen atoms in total. The predicted octanol–water partition coefficient (Wildman–Crippen LogP) is 5.19. The fourth-order valence-electron chi connectivity index (χ4n) is 3.90. The summed E-state index contributed by atoms with van der Waals surface area (Å²) in [6.07, 6.45) is 9.52. The summed E-state index contributed by atoms with van der Waals surface area (Å²) in [7, 11) is 0. The summed E-state index contributed by atoms with van der Waals surface area (Å²) in [5.74, 6) is 0.798. The Labute approximate surface area is 124 Å². The van der Waals surface area contributed by atoms with E-state index in [1.54, 1.807) is 5.56 Å². The van der Waals surface area contributed by atoms with Crippen LogP contribution < -0.4 is 5.32 Å². The Morgan fingerprint density at radius 1 is 1.00 bits per heavy atom. The zero-order valence-electron chi connectivity index (χ0n) is 13.1. The minimum Gasteiger partial charge on any atom is -0.310 e. The average molecular weight is 271 g/mol. The van der Waals surface area contributed by atoms with E-state index in [0.717, 1.165) is 5.92 Å². The maximum atomic E-state index is 3.68. The molecule has 2 fully saturated rings. The van der Waals surface area contributed by atoms with Crippen LogP contribution in [0.25, 0.3) is 0 Å². The Morgan fingerprint density at radius 3 is 2.45 bits per heavy atom. The highest BCUT2D eigenvalue weighted by Gasteiger charge is 2.27.